The van der Waals surface area contributed by atoms with Gasteiger partial charge in [0.15, 0.2) is 5.82 Å². The van der Waals surface area contributed by atoms with E-state index in [-0.39, 0.29) is 10.7 Å². The van der Waals surface area contributed by atoms with Crippen molar-refractivity contribution in [2.45, 2.75) is 11.8 Å². The summed E-state index contributed by atoms with van der Waals surface area (Å²) in [5.41, 5.74) is 6.22. The topological polar surface area (TPSA) is 72.2 Å². The molecule has 4 nitrogen and oxygen atoms in total. The summed E-state index contributed by atoms with van der Waals surface area (Å²) in [4.78, 5) is -0.590. The van der Waals surface area contributed by atoms with Crippen molar-refractivity contribution >= 4 is 48.9 Å². The van der Waals surface area contributed by atoms with Crippen LogP contribution in [-0.4, -0.2) is 8.42 Å². The first kappa shape index (κ1) is 16.1. The maximum atomic E-state index is 13.9. The number of halogens is 3. The summed E-state index contributed by atoms with van der Waals surface area (Å²) in [5.74, 6) is -1.03. The second kappa shape index (κ2) is 5.82. The molecule has 0 atom stereocenters. The number of nitrogens with two attached hydrogens (primary N) is 1. The largest absolute Gasteiger partial charge is 0.396 e. The molecule has 21 heavy (non-hydrogen) atoms. The minimum atomic E-state index is -4.12. The van der Waals surface area contributed by atoms with Gasteiger partial charge in [-0.1, -0.05) is 27.5 Å². The van der Waals surface area contributed by atoms with Gasteiger partial charge in [-0.3, -0.25) is 4.72 Å². The molecule has 0 aliphatic rings. The van der Waals surface area contributed by atoms with E-state index in [2.05, 4.69) is 20.7 Å². The number of aryl methyl sites for hydroxylation is 1. The lowest BCUT2D eigenvalue weighted by atomic mass is 10.2. The molecule has 0 bridgehead atoms. The van der Waals surface area contributed by atoms with E-state index in [9.17, 15) is 12.8 Å². The van der Waals surface area contributed by atoms with Crippen molar-refractivity contribution in [3.63, 3.8) is 0 Å². The van der Waals surface area contributed by atoms with Crippen LogP contribution < -0.4 is 10.5 Å². The Kier molecular flexibility index (Phi) is 4.46. The minimum Gasteiger partial charge on any atom is -0.396 e. The average molecular weight is 394 g/mol. The molecule has 0 aliphatic carbocycles. The van der Waals surface area contributed by atoms with E-state index >= 15 is 0 Å². The smallest absolute Gasteiger partial charge is 0.264 e. The zero-order valence-corrected chi connectivity index (χ0v) is 14.0. The average Bonchev–Trinajstić information content (AvgIpc) is 2.37. The van der Waals surface area contributed by atoms with Crippen molar-refractivity contribution in [3.05, 3.63) is 51.2 Å². The number of hydrogen-bond donors (Lipinski definition) is 2. The van der Waals surface area contributed by atoms with E-state index in [1.165, 1.54) is 0 Å². The third-order valence-electron chi connectivity index (χ3n) is 2.73. The molecule has 0 fully saturated rings. The highest BCUT2D eigenvalue weighted by atomic mass is 79.9. The van der Waals surface area contributed by atoms with Crippen LogP contribution in [0.1, 0.15) is 5.56 Å². The Labute approximate surface area is 135 Å². The van der Waals surface area contributed by atoms with Crippen LogP contribution in [0.25, 0.3) is 0 Å². The second-order valence-electron chi connectivity index (χ2n) is 4.38. The van der Waals surface area contributed by atoms with Crippen LogP contribution in [0, 0.1) is 12.7 Å². The molecule has 2 rings (SSSR count). The van der Waals surface area contributed by atoms with Gasteiger partial charge in [-0.05, 0) is 42.8 Å². The molecule has 0 heterocycles. The molecule has 0 spiro atoms. The first-order chi connectivity index (χ1) is 9.70. The number of nitrogen functional groups attached to an aromatic ring is 1. The number of anilines is 2. The predicted molar refractivity (Wildman–Crippen MR) is 85.5 cm³/mol. The summed E-state index contributed by atoms with van der Waals surface area (Å²) in [6.07, 6.45) is 0. The van der Waals surface area contributed by atoms with Crippen LogP contribution in [-0.2, 0) is 10.0 Å². The third-order valence-corrected chi connectivity index (χ3v) is 5.22. The minimum absolute atomic E-state index is 0.0428. The van der Waals surface area contributed by atoms with Crippen molar-refractivity contribution in [1.82, 2.24) is 0 Å². The van der Waals surface area contributed by atoms with Gasteiger partial charge in [0.05, 0.1) is 5.69 Å². The van der Waals surface area contributed by atoms with E-state index in [4.69, 9.17) is 17.3 Å². The van der Waals surface area contributed by atoms with E-state index < -0.39 is 20.7 Å². The van der Waals surface area contributed by atoms with Crippen LogP contribution in [0.5, 0.6) is 0 Å². The van der Waals surface area contributed by atoms with Crippen molar-refractivity contribution < 1.29 is 12.8 Å². The van der Waals surface area contributed by atoms with Gasteiger partial charge in [-0.15, -0.1) is 0 Å². The highest BCUT2D eigenvalue weighted by molar-refractivity contribution is 9.10. The van der Waals surface area contributed by atoms with Crippen molar-refractivity contribution in [1.29, 1.82) is 0 Å². The zero-order chi connectivity index (χ0) is 15.8. The zero-order valence-electron chi connectivity index (χ0n) is 10.8. The summed E-state index contributed by atoms with van der Waals surface area (Å²) >= 11 is 9.05. The van der Waals surface area contributed by atoms with Gasteiger partial charge in [-0.25, -0.2) is 12.8 Å². The lowest BCUT2D eigenvalue weighted by Crippen LogP contribution is -2.15. The van der Waals surface area contributed by atoms with Gasteiger partial charge in [0.1, 0.15) is 4.90 Å². The molecule has 0 aliphatic heterocycles. The molecule has 2 aromatic carbocycles. The number of nitrogens with one attached hydrogen (secondary N) is 1. The Morgan fingerprint density at radius 2 is 1.95 bits per heavy atom. The van der Waals surface area contributed by atoms with Crippen molar-refractivity contribution in [2.24, 2.45) is 0 Å². The van der Waals surface area contributed by atoms with Gasteiger partial charge in [0.2, 0.25) is 0 Å². The second-order valence-corrected chi connectivity index (χ2v) is 7.32. The van der Waals surface area contributed by atoms with Crippen LogP contribution in [0.2, 0.25) is 5.02 Å². The summed E-state index contributed by atoms with van der Waals surface area (Å²) in [5, 5.41) is 0.0428. The maximum Gasteiger partial charge on any atom is 0.264 e. The van der Waals surface area contributed by atoms with Crippen LogP contribution >= 0.6 is 27.5 Å². The highest BCUT2D eigenvalue weighted by Crippen LogP contribution is 2.28. The maximum absolute atomic E-state index is 13.9. The molecule has 3 N–H and O–H groups in total. The summed E-state index contributed by atoms with van der Waals surface area (Å²) in [6.45, 7) is 1.81. The first-order valence-corrected chi connectivity index (χ1v) is 8.39. The summed E-state index contributed by atoms with van der Waals surface area (Å²) in [6, 6.07) is 7.03. The number of sulfonamides is 1. The summed E-state index contributed by atoms with van der Waals surface area (Å²) in [7, 11) is -4.12. The van der Waals surface area contributed by atoms with Crippen LogP contribution in [0.4, 0.5) is 15.8 Å². The number of benzene rings is 2. The molecule has 2 aromatic rings. The van der Waals surface area contributed by atoms with Gasteiger partial charge >= 0.3 is 0 Å². The summed E-state index contributed by atoms with van der Waals surface area (Å²) < 4.78 is 41.5. The SMILES string of the molecule is Cc1cc(NS(=O)(=O)c2cc(Cl)cc(N)c2F)ccc1Br. The van der Waals surface area contributed by atoms with E-state index in [0.717, 1.165) is 22.2 Å². The Balaban J connectivity index is 2.45. The van der Waals surface area contributed by atoms with Crippen molar-refractivity contribution in [3.8, 4) is 0 Å². The van der Waals surface area contributed by atoms with Gasteiger partial charge in [0, 0.05) is 15.2 Å². The molecule has 0 aromatic heterocycles. The molecular weight excluding hydrogens is 383 g/mol. The molecule has 0 saturated heterocycles. The Hall–Kier alpha value is -1.31. The molecule has 0 unspecified atom stereocenters. The van der Waals surface area contributed by atoms with E-state index in [1.807, 2.05) is 0 Å². The fourth-order valence-electron chi connectivity index (χ4n) is 1.70. The van der Waals surface area contributed by atoms with E-state index in [0.29, 0.717) is 5.69 Å². The number of hydrogen-bond acceptors (Lipinski definition) is 3. The molecule has 0 radical (unpaired) electrons. The molecule has 0 amide bonds. The number of rotatable bonds is 3. The lowest BCUT2D eigenvalue weighted by molar-refractivity contribution is 0.573. The van der Waals surface area contributed by atoms with Gasteiger partial charge < -0.3 is 5.73 Å². The van der Waals surface area contributed by atoms with Crippen molar-refractivity contribution in [2.75, 3.05) is 10.5 Å². The Morgan fingerprint density at radius 3 is 2.57 bits per heavy atom. The molecule has 0 saturated carbocycles. The first-order valence-electron chi connectivity index (χ1n) is 5.74. The standard InChI is InChI=1S/C13H11BrClFN2O2S/c1-7-4-9(2-3-10(7)14)18-21(19,20)12-6-8(15)5-11(17)13(12)16/h2-6,18H,17H2,1H3. The quantitative estimate of drug-likeness (QED) is 0.776. The van der Waals surface area contributed by atoms with Gasteiger partial charge in [0.25, 0.3) is 10.0 Å². The van der Waals surface area contributed by atoms with Gasteiger partial charge in [-0.2, -0.15) is 0 Å². The Morgan fingerprint density at radius 1 is 1.29 bits per heavy atom. The lowest BCUT2D eigenvalue weighted by Gasteiger charge is -2.11. The van der Waals surface area contributed by atoms with Crippen LogP contribution in [0.15, 0.2) is 39.7 Å². The third kappa shape index (κ3) is 3.48. The Bertz CT molecular complexity index is 812. The fourth-order valence-corrected chi connectivity index (χ4v) is 3.42. The normalized spacial score (nSPS) is 11.4. The molecular formula is C13H11BrClFN2O2S. The molecule has 8 heteroatoms. The highest BCUT2D eigenvalue weighted by Gasteiger charge is 2.22. The van der Waals surface area contributed by atoms with E-state index in [1.54, 1.807) is 25.1 Å². The molecule has 112 valence electrons. The predicted octanol–water partition coefficient (Wildman–Crippen LogP) is 3.93. The fraction of sp³-hybridized carbons (Fsp3) is 0.0769. The van der Waals surface area contributed by atoms with Crippen LogP contribution in [0.3, 0.4) is 0 Å². The monoisotopic (exact) mass is 392 g/mol.